The number of nitrogens with zero attached hydrogens (tertiary/aromatic N) is 3. The smallest absolute Gasteiger partial charge is 0.270 e. The Kier molecular flexibility index (Phi) is 3.27. The molecule has 0 aliphatic heterocycles. The Hall–Kier alpha value is -2.37. The van der Waals surface area contributed by atoms with Gasteiger partial charge in [-0.15, -0.1) is 0 Å². The Balaban J connectivity index is 2.02. The number of aromatic nitrogens is 3. The van der Waals surface area contributed by atoms with Crippen LogP contribution >= 0.6 is 0 Å². The van der Waals surface area contributed by atoms with E-state index in [2.05, 4.69) is 15.4 Å². The number of carbonyl (C=O) groups is 1. The lowest BCUT2D eigenvalue weighted by Crippen LogP contribution is -2.24. The molecule has 2 aromatic heterocycles. The van der Waals surface area contributed by atoms with Gasteiger partial charge in [0.1, 0.15) is 11.5 Å². The molecule has 2 rings (SSSR count). The van der Waals surface area contributed by atoms with Crippen LogP contribution in [-0.4, -0.2) is 20.7 Å². The molecule has 0 aliphatic carbocycles. The molecule has 0 spiro atoms. The van der Waals surface area contributed by atoms with E-state index in [1.165, 1.54) is 0 Å². The zero-order valence-electron chi connectivity index (χ0n) is 10.3. The van der Waals surface area contributed by atoms with Crippen molar-refractivity contribution in [3.63, 3.8) is 0 Å². The van der Waals surface area contributed by atoms with Crippen LogP contribution in [0, 0.1) is 6.92 Å². The SMILES string of the molecule is Cc1nn(C)cc1CNC(=O)c1cccc(N)n1. The van der Waals surface area contributed by atoms with Gasteiger partial charge in [-0.1, -0.05) is 6.07 Å². The van der Waals surface area contributed by atoms with Gasteiger partial charge in [0.15, 0.2) is 0 Å². The quantitative estimate of drug-likeness (QED) is 0.830. The van der Waals surface area contributed by atoms with Crippen LogP contribution in [-0.2, 0) is 13.6 Å². The molecule has 2 heterocycles. The highest BCUT2D eigenvalue weighted by Gasteiger charge is 2.09. The van der Waals surface area contributed by atoms with Crippen molar-refractivity contribution < 1.29 is 4.79 Å². The minimum Gasteiger partial charge on any atom is -0.384 e. The molecule has 0 saturated carbocycles. The first-order chi connectivity index (χ1) is 8.56. The maximum Gasteiger partial charge on any atom is 0.270 e. The number of pyridine rings is 1. The van der Waals surface area contributed by atoms with Gasteiger partial charge in [-0.2, -0.15) is 5.10 Å². The first kappa shape index (κ1) is 12.1. The second kappa shape index (κ2) is 4.87. The molecular weight excluding hydrogens is 230 g/mol. The lowest BCUT2D eigenvalue weighted by atomic mass is 10.2. The van der Waals surface area contributed by atoms with E-state index >= 15 is 0 Å². The van der Waals surface area contributed by atoms with Crippen LogP contribution < -0.4 is 11.1 Å². The Labute approximate surface area is 105 Å². The number of rotatable bonds is 3. The van der Waals surface area contributed by atoms with E-state index in [4.69, 9.17) is 5.73 Å². The van der Waals surface area contributed by atoms with Crippen molar-refractivity contribution in [2.75, 3.05) is 5.73 Å². The predicted molar refractivity (Wildman–Crippen MR) is 67.8 cm³/mol. The number of anilines is 1. The third kappa shape index (κ3) is 2.65. The van der Waals surface area contributed by atoms with Gasteiger partial charge in [0.25, 0.3) is 5.91 Å². The molecule has 0 atom stereocenters. The minimum atomic E-state index is -0.245. The first-order valence-corrected chi connectivity index (χ1v) is 5.56. The standard InChI is InChI=1S/C12H15N5O/c1-8-9(7-17(2)16-8)6-14-12(18)10-4-3-5-11(13)15-10/h3-5,7H,6H2,1-2H3,(H2,13,15)(H,14,18). The molecule has 1 amide bonds. The third-order valence-corrected chi connectivity index (χ3v) is 2.56. The highest BCUT2D eigenvalue weighted by molar-refractivity contribution is 5.92. The molecule has 0 saturated heterocycles. The average molecular weight is 245 g/mol. The minimum absolute atomic E-state index is 0.245. The van der Waals surface area contributed by atoms with E-state index in [1.54, 1.807) is 22.9 Å². The van der Waals surface area contributed by atoms with Gasteiger partial charge in [-0.05, 0) is 19.1 Å². The number of amides is 1. The summed E-state index contributed by atoms with van der Waals surface area (Å²) in [6.07, 6.45) is 1.88. The topological polar surface area (TPSA) is 85.8 Å². The number of aryl methyl sites for hydroxylation is 2. The van der Waals surface area contributed by atoms with Crippen LogP contribution in [0.25, 0.3) is 0 Å². The Morgan fingerprint density at radius 3 is 2.89 bits per heavy atom. The summed E-state index contributed by atoms with van der Waals surface area (Å²) in [5, 5.41) is 6.99. The van der Waals surface area contributed by atoms with Gasteiger partial charge < -0.3 is 11.1 Å². The van der Waals surface area contributed by atoms with E-state index in [1.807, 2.05) is 20.2 Å². The summed E-state index contributed by atoms with van der Waals surface area (Å²) < 4.78 is 1.72. The summed E-state index contributed by atoms with van der Waals surface area (Å²) in [4.78, 5) is 15.8. The fourth-order valence-corrected chi connectivity index (χ4v) is 1.67. The molecule has 6 heteroatoms. The summed E-state index contributed by atoms with van der Waals surface area (Å²) in [7, 11) is 1.85. The lowest BCUT2D eigenvalue weighted by Gasteiger charge is -2.04. The van der Waals surface area contributed by atoms with Crippen molar-refractivity contribution >= 4 is 11.7 Å². The molecule has 0 aromatic carbocycles. The Morgan fingerprint density at radius 2 is 2.28 bits per heavy atom. The summed E-state index contributed by atoms with van der Waals surface area (Å²) in [6, 6.07) is 4.97. The van der Waals surface area contributed by atoms with E-state index in [9.17, 15) is 4.79 Å². The normalized spacial score (nSPS) is 10.3. The monoisotopic (exact) mass is 245 g/mol. The number of nitrogens with two attached hydrogens (primary N) is 1. The number of nitrogen functional groups attached to an aromatic ring is 1. The summed E-state index contributed by atoms with van der Waals surface area (Å²) in [5.41, 5.74) is 7.73. The maximum atomic E-state index is 11.8. The molecule has 0 aliphatic rings. The number of nitrogens with one attached hydrogen (secondary N) is 1. The van der Waals surface area contributed by atoms with E-state index in [0.717, 1.165) is 11.3 Å². The second-order valence-corrected chi connectivity index (χ2v) is 4.04. The highest BCUT2D eigenvalue weighted by Crippen LogP contribution is 2.05. The Bertz CT molecular complexity index is 576. The van der Waals surface area contributed by atoms with Crippen LogP contribution in [0.4, 0.5) is 5.82 Å². The van der Waals surface area contributed by atoms with Crippen molar-refractivity contribution in [2.45, 2.75) is 13.5 Å². The van der Waals surface area contributed by atoms with Crippen molar-refractivity contribution in [3.05, 3.63) is 41.3 Å². The van der Waals surface area contributed by atoms with Crippen molar-refractivity contribution in [2.24, 2.45) is 7.05 Å². The fourth-order valence-electron chi connectivity index (χ4n) is 1.67. The summed E-state index contributed by atoms with van der Waals surface area (Å²) in [5.74, 6) is 0.0887. The van der Waals surface area contributed by atoms with E-state index in [0.29, 0.717) is 18.1 Å². The third-order valence-electron chi connectivity index (χ3n) is 2.56. The van der Waals surface area contributed by atoms with Crippen LogP contribution in [0.5, 0.6) is 0 Å². The fraction of sp³-hybridized carbons (Fsp3) is 0.250. The lowest BCUT2D eigenvalue weighted by molar-refractivity contribution is 0.0946. The zero-order chi connectivity index (χ0) is 13.1. The molecule has 0 unspecified atom stereocenters. The van der Waals surface area contributed by atoms with Gasteiger partial charge in [0.05, 0.1) is 5.69 Å². The number of carbonyl (C=O) groups excluding carboxylic acids is 1. The van der Waals surface area contributed by atoms with Crippen LogP contribution in [0.15, 0.2) is 24.4 Å². The molecule has 2 aromatic rings. The van der Waals surface area contributed by atoms with Gasteiger partial charge in [0, 0.05) is 25.4 Å². The van der Waals surface area contributed by atoms with Gasteiger partial charge in [-0.3, -0.25) is 9.48 Å². The highest BCUT2D eigenvalue weighted by atomic mass is 16.1. The summed E-state index contributed by atoms with van der Waals surface area (Å²) in [6.45, 7) is 2.33. The van der Waals surface area contributed by atoms with Crippen molar-refractivity contribution in [1.29, 1.82) is 0 Å². The van der Waals surface area contributed by atoms with E-state index < -0.39 is 0 Å². The predicted octanol–water partition coefficient (Wildman–Crippen LogP) is 0.636. The molecule has 94 valence electrons. The second-order valence-electron chi connectivity index (χ2n) is 4.04. The largest absolute Gasteiger partial charge is 0.384 e. The van der Waals surface area contributed by atoms with Crippen LogP contribution in [0.1, 0.15) is 21.7 Å². The van der Waals surface area contributed by atoms with Gasteiger partial charge in [-0.25, -0.2) is 4.98 Å². The average Bonchev–Trinajstić information content (AvgIpc) is 2.65. The molecule has 0 bridgehead atoms. The van der Waals surface area contributed by atoms with Crippen LogP contribution in [0.2, 0.25) is 0 Å². The van der Waals surface area contributed by atoms with E-state index in [-0.39, 0.29) is 5.91 Å². The Morgan fingerprint density at radius 1 is 1.50 bits per heavy atom. The van der Waals surface area contributed by atoms with Crippen molar-refractivity contribution in [1.82, 2.24) is 20.1 Å². The molecule has 0 radical (unpaired) electrons. The summed E-state index contributed by atoms with van der Waals surface area (Å²) >= 11 is 0. The van der Waals surface area contributed by atoms with Crippen molar-refractivity contribution in [3.8, 4) is 0 Å². The first-order valence-electron chi connectivity index (χ1n) is 5.56. The van der Waals surface area contributed by atoms with Gasteiger partial charge in [0.2, 0.25) is 0 Å². The molecule has 0 fully saturated rings. The van der Waals surface area contributed by atoms with Gasteiger partial charge >= 0.3 is 0 Å². The zero-order valence-corrected chi connectivity index (χ0v) is 10.3. The maximum absolute atomic E-state index is 11.8. The molecule has 18 heavy (non-hydrogen) atoms. The number of hydrogen-bond donors (Lipinski definition) is 2. The number of hydrogen-bond acceptors (Lipinski definition) is 4. The molecule has 3 N–H and O–H groups in total. The van der Waals surface area contributed by atoms with Crippen LogP contribution in [0.3, 0.4) is 0 Å². The molecule has 6 nitrogen and oxygen atoms in total. The molecular formula is C12H15N5O.